The molecule has 2 aromatic heterocycles. The van der Waals surface area contributed by atoms with Gasteiger partial charge in [-0.15, -0.1) is 0 Å². The van der Waals surface area contributed by atoms with Gasteiger partial charge in [0.2, 0.25) is 5.75 Å². The van der Waals surface area contributed by atoms with Gasteiger partial charge in [-0.3, -0.25) is 0 Å². The van der Waals surface area contributed by atoms with Gasteiger partial charge in [-0.1, -0.05) is 41.4 Å². The number of nitrogens with zero attached hydrogens (tertiary/aromatic N) is 1. The summed E-state index contributed by atoms with van der Waals surface area (Å²) in [5.74, 6) is -0.274. The fourth-order valence-corrected chi connectivity index (χ4v) is 3.98. The quantitative estimate of drug-likeness (QED) is 0.359. The van der Waals surface area contributed by atoms with Crippen LogP contribution in [0.15, 0.2) is 53.3 Å². The molecule has 2 heterocycles. The molecule has 0 aliphatic heterocycles. The Morgan fingerprint density at radius 1 is 1.27 bits per heavy atom. The maximum atomic E-state index is 13.9. The van der Waals surface area contributed by atoms with E-state index in [0.29, 0.717) is 16.5 Å². The molecular weight excluding hydrogens is 430 g/mol. The number of pyridine rings is 1. The number of benzene rings is 2. The van der Waals surface area contributed by atoms with Crippen molar-refractivity contribution in [1.82, 2.24) is 4.98 Å². The number of aromatic nitrogens is 1. The monoisotopic (exact) mass is 446 g/mol. The van der Waals surface area contributed by atoms with E-state index in [1.807, 2.05) is 24.3 Å². The van der Waals surface area contributed by atoms with Gasteiger partial charge < -0.3 is 20.0 Å². The molecule has 0 spiro atoms. The first-order valence-electron chi connectivity index (χ1n) is 9.06. The molecule has 0 aliphatic carbocycles. The number of hydrogen-bond donors (Lipinski definition) is 2. The predicted octanol–water partition coefficient (Wildman–Crippen LogP) is 6.16. The highest BCUT2D eigenvalue weighted by Gasteiger charge is 2.23. The van der Waals surface area contributed by atoms with Crippen molar-refractivity contribution in [2.75, 3.05) is 5.73 Å². The molecule has 3 N–H and O–H groups in total. The molecule has 1 unspecified atom stereocenters. The number of ether oxygens (including phenoxy) is 1. The molecule has 0 amide bonds. The summed E-state index contributed by atoms with van der Waals surface area (Å²) in [7, 11) is 0. The van der Waals surface area contributed by atoms with Gasteiger partial charge in [-0.2, -0.15) is 0 Å². The SMILES string of the molecule is CC(Oc1c(N)ncc2c(-c3cccc(CO)c3)coc12)c1c(Cl)ccc(F)c1Cl. The average molecular weight is 447 g/mol. The molecule has 0 bridgehead atoms. The lowest BCUT2D eigenvalue weighted by molar-refractivity contribution is 0.227. The van der Waals surface area contributed by atoms with Crippen LogP contribution in [0.25, 0.3) is 22.1 Å². The number of aliphatic hydroxyl groups excluding tert-OH is 1. The Bertz CT molecular complexity index is 1240. The summed E-state index contributed by atoms with van der Waals surface area (Å²) < 4.78 is 25.7. The Balaban J connectivity index is 1.78. The molecule has 154 valence electrons. The van der Waals surface area contributed by atoms with Crippen molar-refractivity contribution >= 4 is 40.0 Å². The summed E-state index contributed by atoms with van der Waals surface area (Å²) in [6.45, 7) is 1.61. The van der Waals surface area contributed by atoms with Gasteiger partial charge in [0.1, 0.15) is 11.9 Å². The first-order chi connectivity index (χ1) is 14.4. The number of furan rings is 1. The van der Waals surface area contributed by atoms with E-state index in [9.17, 15) is 9.50 Å². The lowest BCUT2D eigenvalue weighted by atomic mass is 10.0. The van der Waals surface area contributed by atoms with E-state index in [4.69, 9.17) is 38.1 Å². The zero-order chi connectivity index (χ0) is 21.4. The van der Waals surface area contributed by atoms with Crippen molar-refractivity contribution in [1.29, 1.82) is 0 Å². The predicted molar refractivity (Wildman–Crippen MR) is 115 cm³/mol. The molecule has 1 atom stereocenters. The molecule has 30 heavy (non-hydrogen) atoms. The third kappa shape index (κ3) is 3.58. The second-order valence-electron chi connectivity index (χ2n) is 6.74. The molecular formula is C22H17Cl2FN2O3. The number of nitrogen functional groups attached to an aromatic ring is 1. The second kappa shape index (κ2) is 8.14. The van der Waals surface area contributed by atoms with Gasteiger partial charge in [0.25, 0.3) is 0 Å². The highest BCUT2D eigenvalue weighted by atomic mass is 35.5. The van der Waals surface area contributed by atoms with Gasteiger partial charge in [0, 0.05) is 22.3 Å². The van der Waals surface area contributed by atoms with Crippen LogP contribution < -0.4 is 10.5 Å². The third-order valence-electron chi connectivity index (χ3n) is 4.80. The molecule has 8 heteroatoms. The van der Waals surface area contributed by atoms with Crippen LogP contribution in [0.5, 0.6) is 5.75 Å². The number of aliphatic hydroxyl groups is 1. The van der Waals surface area contributed by atoms with Crippen LogP contribution in [0.3, 0.4) is 0 Å². The summed E-state index contributed by atoms with van der Waals surface area (Å²) in [6, 6.07) is 10.0. The van der Waals surface area contributed by atoms with E-state index in [1.165, 1.54) is 12.1 Å². The van der Waals surface area contributed by atoms with E-state index in [-0.39, 0.29) is 28.2 Å². The van der Waals surface area contributed by atoms with Crippen LogP contribution in [-0.2, 0) is 6.61 Å². The average Bonchev–Trinajstić information content (AvgIpc) is 3.17. The normalized spacial score (nSPS) is 12.3. The molecule has 0 radical (unpaired) electrons. The van der Waals surface area contributed by atoms with Crippen molar-refractivity contribution in [3.63, 3.8) is 0 Å². The van der Waals surface area contributed by atoms with Crippen LogP contribution in [0.1, 0.15) is 24.2 Å². The van der Waals surface area contributed by atoms with Gasteiger partial charge in [-0.05, 0) is 36.2 Å². The van der Waals surface area contributed by atoms with Crippen LogP contribution >= 0.6 is 23.2 Å². The van der Waals surface area contributed by atoms with Crippen molar-refractivity contribution in [3.8, 4) is 16.9 Å². The lowest BCUT2D eigenvalue weighted by Crippen LogP contribution is -2.08. The Morgan fingerprint density at radius 3 is 2.83 bits per heavy atom. The summed E-state index contributed by atoms with van der Waals surface area (Å²) in [5, 5.41) is 10.2. The number of hydrogen-bond acceptors (Lipinski definition) is 5. The molecule has 0 saturated heterocycles. The van der Waals surface area contributed by atoms with Crippen LogP contribution in [0, 0.1) is 5.82 Å². The maximum Gasteiger partial charge on any atom is 0.205 e. The molecule has 4 rings (SSSR count). The third-order valence-corrected chi connectivity index (χ3v) is 5.52. The molecule has 0 aliphatic rings. The number of nitrogens with two attached hydrogens (primary N) is 1. The Kier molecular flexibility index (Phi) is 5.56. The maximum absolute atomic E-state index is 13.9. The number of rotatable bonds is 5. The standard InChI is InChI=1S/C22H17Cl2FN2O3/c1-11(18-16(23)5-6-17(25)19(18)24)30-21-20-14(8-27-22(21)26)15(10-29-20)13-4-2-3-12(7-13)9-28/h2-8,10-11,28H,9H2,1H3,(H2,26,27). The van der Waals surface area contributed by atoms with Crippen LogP contribution in [0.2, 0.25) is 10.0 Å². The van der Waals surface area contributed by atoms with Gasteiger partial charge in [0.15, 0.2) is 11.4 Å². The summed E-state index contributed by atoms with van der Waals surface area (Å²) >= 11 is 12.3. The van der Waals surface area contributed by atoms with Gasteiger partial charge >= 0.3 is 0 Å². The Morgan fingerprint density at radius 2 is 2.07 bits per heavy atom. The lowest BCUT2D eigenvalue weighted by Gasteiger charge is -2.18. The van der Waals surface area contributed by atoms with Crippen molar-refractivity contribution in [2.24, 2.45) is 0 Å². The zero-order valence-electron chi connectivity index (χ0n) is 15.8. The van der Waals surface area contributed by atoms with E-state index in [1.54, 1.807) is 19.4 Å². The Hall–Kier alpha value is -2.80. The molecule has 5 nitrogen and oxygen atoms in total. The number of anilines is 1. The number of halogens is 3. The van der Waals surface area contributed by atoms with Crippen molar-refractivity contribution in [2.45, 2.75) is 19.6 Å². The van der Waals surface area contributed by atoms with Crippen LogP contribution in [0.4, 0.5) is 10.2 Å². The minimum atomic E-state index is -0.721. The molecule has 0 saturated carbocycles. The van der Waals surface area contributed by atoms with Crippen molar-refractivity contribution < 1.29 is 18.7 Å². The largest absolute Gasteiger partial charge is 0.478 e. The van der Waals surface area contributed by atoms with Crippen LogP contribution in [-0.4, -0.2) is 10.1 Å². The van der Waals surface area contributed by atoms with E-state index >= 15 is 0 Å². The second-order valence-corrected chi connectivity index (χ2v) is 7.53. The fourth-order valence-electron chi connectivity index (χ4n) is 3.31. The first-order valence-corrected chi connectivity index (χ1v) is 9.82. The minimum Gasteiger partial charge on any atom is -0.478 e. The summed E-state index contributed by atoms with van der Waals surface area (Å²) in [4.78, 5) is 4.22. The van der Waals surface area contributed by atoms with E-state index < -0.39 is 11.9 Å². The van der Waals surface area contributed by atoms with E-state index in [2.05, 4.69) is 4.98 Å². The van der Waals surface area contributed by atoms with Crippen molar-refractivity contribution in [3.05, 3.63) is 75.8 Å². The Labute approximate surface area is 181 Å². The molecule has 4 aromatic rings. The highest BCUT2D eigenvalue weighted by molar-refractivity contribution is 6.36. The molecule has 0 fully saturated rings. The topological polar surface area (TPSA) is 81.5 Å². The smallest absolute Gasteiger partial charge is 0.205 e. The summed E-state index contributed by atoms with van der Waals surface area (Å²) in [5.41, 5.74) is 9.13. The van der Waals surface area contributed by atoms with Gasteiger partial charge in [-0.25, -0.2) is 9.37 Å². The highest BCUT2D eigenvalue weighted by Crippen LogP contribution is 2.41. The minimum absolute atomic E-state index is 0.0736. The zero-order valence-corrected chi connectivity index (χ0v) is 17.3. The fraction of sp³-hybridized carbons (Fsp3) is 0.136. The number of fused-ring (bicyclic) bond motifs is 1. The molecule has 2 aromatic carbocycles. The van der Waals surface area contributed by atoms with E-state index in [0.717, 1.165) is 16.7 Å². The first kappa shape index (κ1) is 20.5. The van der Waals surface area contributed by atoms with Gasteiger partial charge in [0.05, 0.1) is 23.3 Å². The summed E-state index contributed by atoms with van der Waals surface area (Å²) in [6.07, 6.45) is 2.44.